The monoisotopic (exact) mass is 687 g/mol. The summed E-state index contributed by atoms with van der Waals surface area (Å²) in [6.45, 7) is 0. The molecular formula is C52H33NO. The average molecular weight is 688 g/mol. The number of benzene rings is 10. The molecule has 0 unspecified atom stereocenters. The first-order chi connectivity index (χ1) is 26.8. The van der Waals surface area contributed by atoms with E-state index in [1.165, 1.54) is 48.8 Å². The summed E-state index contributed by atoms with van der Waals surface area (Å²) in [5, 5.41) is 12.0. The maximum absolute atomic E-state index is 6.73. The summed E-state index contributed by atoms with van der Waals surface area (Å²) >= 11 is 0. The minimum absolute atomic E-state index is 0.890. The summed E-state index contributed by atoms with van der Waals surface area (Å²) < 4.78 is 6.73. The fourth-order valence-corrected chi connectivity index (χ4v) is 8.40. The third-order valence-electron chi connectivity index (χ3n) is 11.0. The molecule has 2 heteroatoms. The van der Waals surface area contributed by atoms with Gasteiger partial charge in [0.2, 0.25) is 0 Å². The summed E-state index contributed by atoms with van der Waals surface area (Å²) in [5.41, 5.74) is 9.87. The topological polar surface area (TPSA) is 16.4 Å². The van der Waals surface area contributed by atoms with Gasteiger partial charge in [-0.05, 0) is 109 Å². The van der Waals surface area contributed by atoms with Crippen LogP contribution in [0.3, 0.4) is 0 Å². The Bertz CT molecular complexity index is 3210. The molecule has 54 heavy (non-hydrogen) atoms. The van der Waals surface area contributed by atoms with Gasteiger partial charge in [0.25, 0.3) is 0 Å². The number of para-hydroxylation sites is 1. The van der Waals surface area contributed by atoms with Crippen molar-refractivity contribution in [1.29, 1.82) is 0 Å². The lowest BCUT2D eigenvalue weighted by Crippen LogP contribution is -2.10. The standard InChI is InChI=1S/C52H33NO/c1-2-15-40(16-3-1)53(50-31-38-14-6-7-17-42(38)43-18-8-10-20-45(43)50)41-27-24-35(25-28-41)37-26-29-46-49-33-48(39-23-22-34-12-4-5-13-36(34)30-39)44-19-9-11-21-47(44)52(49)54-51(46)32-37/h1-33H. The molecule has 0 radical (unpaired) electrons. The van der Waals surface area contributed by atoms with Gasteiger partial charge in [0.1, 0.15) is 11.2 Å². The molecule has 0 amide bonds. The summed E-state index contributed by atoms with van der Waals surface area (Å²) in [6, 6.07) is 72.2. The van der Waals surface area contributed by atoms with Crippen LogP contribution in [0.1, 0.15) is 0 Å². The predicted molar refractivity (Wildman–Crippen MR) is 229 cm³/mol. The molecule has 0 fully saturated rings. The molecule has 0 aliphatic rings. The fraction of sp³-hybridized carbons (Fsp3) is 0. The van der Waals surface area contributed by atoms with Crippen LogP contribution in [0.4, 0.5) is 17.1 Å². The Labute approximate surface area is 312 Å². The largest absolute Gasteiger partial charge is 0.455 e. The zero-order chi connectivity index (χ0) is 35.6. The van der Waals surface area contributed by atoms with Crippen molar-refractivity contribution < 1.29 is 4.42 Å². The zero-order valence-corrected chi connectivity index (χ0v) is 29.4. The molecule has 0 N–H and O–H groups in total. The molecule has 0 aliphatic heterocycles. The third-order valence-corrected chi connectivity index (χ3v) is 11.0. The molecule has 10 aromatic carbocycles. The predicted octanol–water partition coefficient (Wildman–Crippen LogP) is 15.0. The van der Waals surface area contributed by atoms with Crippen molar-refractivity contribution in [2.45, 2.75) is 0 Å². The van der Waals surface area contributed by atoms with E-state index in [2.05, 4.69) is 205 Å². The van der Waals surface area contributed by atoms with E-state index in [0.717, 1.165) is 55.5 Å². The minimum Gasteiger partial charge on any atom is -0.455 e. The normalized spacial score (nSPS) is 11.7. The van der Waals surface area contributed by atoms with Crippen LogP contribution in [0, 0.1) is 0 Å². The number of fused-ring (bicyclic) bond motifs is 9. The highest BCUT2D eigenvalue weighted by Gasteiger charge is 2.19. The molecule has 0 saturated carbocycles. The van der Waals surface area contributed by atoms with Crippen molar-refractivity contribution in [1.82, 2.24) is 0 Å². The van der Waals surface area contributed by atoms with Crippen LogP contribution >= 0.6 is 0 Å². The molecule has 11 aromatic rings. The molecule has 0 saturated heterocycles. The van der Waals surface area contributed by atoms with Crippen molar-refractivity contribution in [3.63, 3.8) is 0 Å². The van der Waals surface area contributed by atoms with Gasteiger partial charge in [-0.25, -0.2) is 0 Å². The number of hydrogen-bond acceptors (Lipinski definition) is 2. The molecule has 0 spiro atoms. The van der Waals surface area contributed by atoms with Gasteiger partial charge in [-0.3, -0.25) is 0 Å². The van der Waals surface area contributed by atoms with Crippen LogP contribution in [-0.2, 0) is 0 Å². The van der Waals surface area contributed by atoms with Gasteiger partial charge < -0.3 is 9.32 Å². The van der Waals surface area contributed by atoms with E-state index in [9.17, 15) is 0 Å². The molecular weight excluding hydrogens is 655 g/mol. The van der Waals surface area contributed by atoms with Gasteiger partial charge in [0.15, 0.2) is 0 Å². The van der Waals surface area contributed by atoms with E-state index in [-0.39, 0.29) is 0 Å². The van der Waals surface area contributed by atoms with Crippen molar-refractivity contribution in [3.05, 3.63) is 200 Å². The van der Waals surface area contributed by atoms with E-state index in [0.29, 0.717) is 0 Å². The van der Waals surface area contributed by atoms with Crippen LogP contribution in [0.5, 0.6) is 0 Å². The number of anilines is 3. The van der Waals surface area contributed by atoms with E-state index >= 15 is 0 Å². The summed E-state index contributed by atoms with van der Waals surface area (Å²) in [7, 11) is 0. The quantitative estimate of drug-likeness (QED) is 0.168. The number of nitrogens with zero attached hydrogens (tertiary/aromatic N) is 1. The Morgan fingerprint density at radius 3 is 1.74 bits per heavy atom. The van der Waals surface area contributed by atoms with E-state index in [1.807, 2.05) is 0 Å². The van der Waals surface area contributed by atoms with Crippen LogP contribution in [-0.4, -0.2) is 0 Å². The van der Waals surface area contributed by atoms with Crippen LogP contribution in [0.25, 0.3) is 87.3 Å². The fourth-order valence-electron chi connectivity index (χ4n) is 8.40. The highest BCUT2D eigenvalue weighted by atomic mass is 16.3. The Balaban J connectivity index is 1.02. The summed E-state index contributed by atoms with van der Waals surface area (Å²) in [5.74, 6) is 0. The van der Waals surface area contributed by atoms with Crippen LogP contribution in [0.15, 0.2) is 205 Å². The maximum atomic E-state index is 6.73. The second-order valence-corrected chi connectivity index (χ2v) is 14.1. The Hall–Kier alpha value is -7.16. The number of rotatable bonds is 5. The van der Waals surface area contributed by atoms with Gasteiger partial charge in [-0.1, -0.05) is 146 Å². The van der Waals surface area contributed by atoms with Gasteiger partial charge in [0, 0.05) is 32.9 Å². The Kier molecular flexibility index (Phi) is 6.90. The Morgan fingerprint density at radius 2 is 0.926 bits per heavy atom. The van der Waals surface area contributed by atoms with Gasteiger partial charge in [-0.2, -0.15) is 0 Å². The van der Waals surface area contributed by atoms with E-state index in [4.69, 9.17) is 4.42 Å². The van der Waals surface area contributed by atoms with E-state index in [1.54, 1.807) is 0 Å². The Morgan fingerprint density at radius 1 is 0.315 bits per heavy atom. The summed E-state index contributed by atoms with van der Waals surface area (Å²) in [6.07, 6.45) is 0. The maximum Gasteiger partial charge on any atom is 0.143 e. The van der Waals surface area contributed by atoms with Gasteiger partial charge in [-0.15, -0.1) is 0 Å². The molecule has 1 aromatic heterocycles. The highest BCUT2D eigenvalue weighted by molar-refractivity contribution is 6.20. The highest BCUT2D eigenvalue weighted by Crippen LogP contribution is 2.44. The minimum atomic E-state index is 0.890. The number of furan rings is 1. The van der Waals surface area contributed by atoms with Crippen molar-refractivity contribution in [2.75, 3.05) is 4.90 Å². The van der Waals surface area contributed by atoms with Crippen LogP contribution in [0.2, 0.25) is 0 Å². The smallest absolute Gasteiger partial charge is 0.143 e. The first-order valence-electron chi connectivity index (χ1n) is 18.5. The van der Waals surface area contributed by atoms with Gasteiger partial charge >= 0.3 is 0 Å². The van der Waals surface area contributed by atoms with E-state index < -0.39 is 0 Å². The van der Waals surface area contributed by atoms with Crippen molar-refractivity contribution in [3.8, 4) is 22.3 Å². The SMILES string of the molecule is c1ccc(N(c2ccc(-c3ccc4c(c3)oc3c5ccccc5c(-c5ccc6ccccc6c5)cc43)cc2)c2cc3ccccc3c3ccccc23)cc1. The average Bonchev–Trinajstić information content (AvgIpc) is 3.62. The van der Waals surface area contributed by atoms with Gasteiger partial charge in [0.05, 0.1) is 5.69 Å². The lowest BCUT2D eigenvalue weighted by molar-refractivity contribution is 0.673. The first kappa shape index (κ1) is 30.5. The lowest BCUT2D eigenvalue weighted by Gasteiger charge is -2.27. The second kappa shape index (κ2) is 12.2. The third kappa shape index (κ3) is 4.88. The van der Waals surface area contributed by atoms with Crippen molar-refractivity contribution in [2.24, 2.45) is 0 Å². The zero-order valence-electron chi connectivity index (χ0n) is 29.4. The summed E-state index contributed by atoms with van der Waals surface area (Å²) in [4.78, 5) is 2.37. The lowest BCUT2D eigenvalue weighted by atomic mass is 9.94. The molecule has 0 bridgehead atoms. The van der Waals surface area contributed by atoms with Crippen molar-refractivity contribution >= 4 is 82.1 Å². The number of hydrogen-bond donors (Lipinski definition) is 0. The first-order valence-corrected chi connectivity index (χ1v) is 18.5. The molecule has 252 valence electrons. The molecule has 2 nitrogen and oxygen atoms in total. The molecule has 11 rings (SSSR count). The molecule has 0 aliphatic carbocycles. The molecule has 1 heterocycles. The second-order valence-electron chi connectivity index (χ2n) is 14.1. The van der Waals surface area contributed by atoms with Crippen LogP contribution < -0.4 is 4.90 Å². The molecule has 0 atom stereocenters.